The summed E-state index contributed by atoms with van der Waals surface area (Å²) in [6, 6.07) is 9.68. The molecule has 1 aliphatic heterocycles. The van der Waals surface area contributed by atoms with Gasteiger partial charge in [0, 0.05) is 48.4 Å². The first-order valence-electron chi connectivity index (χ1n) is 10.2. The average molecular weight is 466 g/mol. The van der Waals surface area contributed by atoms with Crippen molar-refractivity contribution in [3.05, 3.63) is 40.5 Å². The molecule has 1 aromatic carbocycles. The number of halogens is 2. The van der Waals surface area contributed by atoms with Crippen molar-refractivity contribution in [2.24, 2.45) is 5.92 Å². The third kappa shape index (κ3) is 6.60. The number of hydrogen-bond acceptors (Lipinski definition) is 5. The molecular formula is C22H29Cl2N5O2. The summed E-state index contributed by atoms with van der Waals surface area (Å²) in [4.78, 5) is 16.3. The normalized spacial score (nSPS) is 14.5. The van der Waals surface area contributed by atoms with Gasteiger partial charge in [0.15, 0.2) is 5.82 Å². The van der Waals surface area contributed by atoms with Gasteiger partial charge in [0.05, 0.1) is 25.8 Å². The molecule has 0 radical (unpaired) electrons. The first-order chi connectivity index (χ1) is 14.4. The third-order valence-corrected chi connectivity index (χ3v) is 5.23. The molecule has 3 rings (SSSR count). The number of anilines is 1. The maximum atomic E-state index is 12.6. The van der Waals surface area contributed by atoms with Crippen molar-refractivity contribution < 1.29 is 9.53 Å². The maximum Gasteiger partial charge on any atom is 0.242 e. The molecule has 1 aromatic heterocycles. The highest BCUT2D eigenvalue weighted by Crippen LogP contribution is 2.26. The molecule has 2 heterocycles. The second-order valence-corrected chi connectivity index (χ2v) is 8.42. The van der Waals surface area contributed by atoms with Crippen LogP contribution in [0, 0.1) is 24.2 Å². The van der Waals surface area contributed by atoms with Crippen LogP contribution in [0.25, 0.3) is 0 Å². The molecule has 0 aliphatic carbocycles. The number of aromatic nitrogens is 2. The van der Waals surface area contributed by atoms with Crippen molar-refractivity contribution in [1.82, 2.24) is 14.7 Å². The number of amides is 1. The van der Waals surface area contributed by atoms with E-state index in [4.69, 9.17) is 21.6 Å². The van der Waals surface area contributed by atoms with Crippen LogP contribution in [0.5, 0.6) is 5.75 Å². The van der Waals surface area contributed by atoms with E-state index >= 15 is 0 Å². The zero-order valence-electron chi connectivity index (χ0n) is 18.2. The van der Waals surface area contributed by atoms with Gasteiger partial charge in [-0.15, -0.1) is 12.4 Å². The lowest BCUT2D eigenvalue weighted by Gasteiger charge is -2.32. The number of ether oxygens (including phenoxy) is 1. The number of carbonyl (C=O) groups is 1. The lowest BCUT2D eigenvalue weighted by atomic mass is 10.2. The van der Waals surface area contributed by atoms with Crippen LogP contribution in [-0.4, -0.2) is 53.4 Å². The van der Waals surface area contributed by atoms with Gasteiger partial charge in [0.1, 0.15) is 5.75 Å². The van der Waals surface area contributed by atoms with Crippen molar-refractivity contribution in [2.75, 3.05) is 37.7 Å². The molecule has 168 valence electrons. The van der Waals surface area contributed by atoms with E-state index in [1.807, 2.05) is 40.8 Å². The summed E-state index contributed by atoms with van der Waals surface area (Å²) in [5.41, 5.74) is 1.91. The Morgan fingerprint density at radius 3 is 2.74 bits per heavy atom. The van der Waals surface area contributed by atoms with Gasteiger partial charge in [0.25, 0.3) is 0 Å². The second-order valence-electron chi connectivity index (χ2n) is 7.99. The highest BCUT2D eigenvalue weighted by molar-refractivity contribution is 6.30. The van der Waals surface area contributed by atoms with Gasteiger partial charge in [-0.1, -0.05) is 25.4 Å². The minimum Gasteiger partial charge on any atom is -0.493 e. The Hall–Kier alpha value is -2.27. The molecule has 0 unspecified atom stereocenters. The van der Waals surface area contributed by atoms with E-state index in [0.29, 0.717) is 56.0 Å². The second kappa shape index (κ2) is 11.4. The van der Waals surface area contributed by atoms with Gasteiger partial charge >= 0.3 is 0 Å². The van der Waals surface area contributed by atoms with Crippen molar-refractivity contribution in [3.63, 3.8) is 0 Å². The van der Waals surface area contributed by atoms with Crippen LogP contribution in [0.3, 0.4) is 0 Å². The lowest BCUT2D eigenvalue weighted by Crippen LogP contribution is -2.50. The van der Waals surface area contributed by atoms with E-state index < -0.39 is 0 Å². The van der Waals surface area contributed by atoms with Crippen LogP contribution in [0.1, 0.15) is 31.5 Å². The van der Waals surface area contributed by atoms with E-state index in [-0.39, 0.29) is 18.3 Å². The molecule has 1 amide bonds. The van der Waals surface area contributed by atoms with E-state index in [2.05, 4.69) is 25.0 Å². The Bertz CT molecular complexity index is 938. The van der Waals surface area contributed by atoms with Crippen LogP contribution < -0.4 is 9.64 Å². The first-order valence-corrected chi connectivity index (χ1v) is 10.6. The van der Waals surface area contributed by atoms with Crippen molar-refractivity contribution in [1.29, 1.82) is 5.26 Å². The fourth-order valence-corrected chi connectivity index (χ4v) is 3.57. The topological polar surface area (TPSA) is 74.4 Å². The minimum atomic E-state index is 0. The molecule has 0 atom stereocenters. The molecule has 0 spiro atoms. The van der Waals surface area contributed by atoms with Crippen molar-refractivity contribution in [2.45, 2.75) is 33.7 Å². The molecular weight excluding hydrogens is 437 g/mol. The van der Waals surface area contributed by atoms with E-state index in [0.717, 1.165) is 23.6 Å². The molecule has 9 heteroatoms. The summed E-state index contributed by atoms with van der Waals surface area (Å²) in [5, 5.41) is 14.1. The zero-order valence-corrected chi connectivity index (χ0v) is 19.7. The van der Waals surface area contributed by atoms with Gasteiger partial charge in [-0.2, -0.15) is 10.4 Å². The number of aryl methyl sites for hydroxylation is 1. The largest absolute Gasteiger partial charge is 0.493 e. The highest BCUT2D eigenvalue weighted by atomic mass is 35.5. The Labute approximate surface area is 194 Å². The van der Waals surface area contributed by atoms with E-state index in [1.54, 1.807) is 4.90 Å². The van der Waals surface area contributed by atoms with Gasteiger partial charge < -0.3 is 4.74 Å². The Balaban J connectivity index is 0.00000341. The summed E-state index contributed by atoms with van der Waals surface area (Å²) in [6.45, 7) is 9.57. The third-order valence-electron chi connectivity index (χ3n) is 5.00. The van der Waals surface area contributed by atoms with Crippen LogP contribution in [0.2, 0.25) is 5.02 Å². The molecule has 7 nitrogen and oxygen atoms in total. The number of nitrogens with zero attached hydrogens (tertiary/aromatic N) is 5. The smallest absolute Gasteiger partial charge is 0.242 e. The maximum absolute atomic E-state index is 12.6. The number of rotatable bonds is 8. The van der Waals surface area contributed by atoms with E-state index in [9.17, 15) is 4.79 Å². The fraction of sp³-hybridized carbons (Fsp3) is 0.500. The molecule has 0 N–H and O–H groups in total. The summed E-state index contributed by atoms with van der Waals surface area (Å²) in [6.07, 6.45) is 0.432. The van der Waals surface area contributed by atoms with Crippen LogP contribution in [0.15, 0.2) is 24.3 Å². The van der Waals surface area contributed by atoms with Gasteiger partial charge in [-0.3, -0.25) is 19.3 Å². The summed E-state index contributed by atoms with van der Waals surface area (Å²) < 4.78 is 7.83. The highest BCUT2D eigenvalue weighted by Gasteiger charge is 2.27. The van der Waals surface area contributed by atoms with Crippen LogP contribution in [-0.2, 0) is 11.3 Å². The lowest BCUT2D eigenvalue weighted by molar-refractivity contribution is -0.121. The summed E-state index contributed by atoms with van der Waals surface area (Å²) in [5.74, 6) is 1.88. The Morgan fingerprint density at radius 2 is 2.06 bits per heavy atom. The molecule has 1 fully saturated rings. The molecule has 1 saturated heterocycles. The molecule has 0 saturated carbocycles. The number of nitriles is 1. The van der Waals surface area contributed by atoms with Gasteiger partial charge in [-0.25, -0.2) is 0 Å². The fourth-order valence-electron chi connectivity index (χ4n) is 3.38. The SMILES string of the molecule is Cc1cc(N2CCN(CCC#N)CC2=O)nn1Cc1cc(Cl)ccc1OCC(C)C.Cl. The number of hydrogen-bond donors (Lipinski definition) is 0. The van der Waals surface area contributed by atoms with Crippen LogP contribution >= 0.6 is 24.0 Å². The van der Waals surface area contributed by atoms with Gasteiger partial charge in [0.2, 0.25) is 5.91 Å². The molecule has 2 aromatic rings. The predicted molar refractivity (Wildman–Crippen MR) is 124 cm³/mol. The first kappa shape index (κ1) is 25.0. The number of benzene rings is 1. The minimum absolute atomic E-state index is 0. The molecule has 1 aliphatic rings. The van der Waals surface area contributed by atoms with E-state index in [1.165, 1.54) is 0 Å². The summed E-state index contributed by atoms with van der Waals surface area (Å²) in [7, 11) is 0. The Morgan fingerprint density at radius 1 is 1.29 bits per heavy atom. The van der Waals surface area contributed by atoms with Crippen LogP contribution in [0.4, 0.5) is 5.82 Å². The van der Waals surface area contributed by atoms with Crippen molar-refractivity contribution >= 4 is 35.7 Å². The Kier molecular flexibility index (Phi) is 9.17. The molecule has 31 heavy (non-hydrogen) atoms. The quantitative estimate of drug-likeness (QED) is 0.590. The summed E-state index contributed by atoms with van der Waals surface area (Å²) >= 11 is 6.22. The molecule has 0 bridgehead atoms. The monoisotopic (exact) mass is 465 g/mol. The average Bonchev–Trinajstić information content (AvgIpc) is 3.05. The van der Waals surface area contributed by atoms with Crippen molar-refractivity contribution in [3.8, 4) is 11.8 Å². The number of piperazine rings is 1. The zero-order chi connectivity index (χ0) is 21.7. The standard InChI is InChI=1S/C22H28ClN5O2.ClH/c1-16(2)15-30-20-6-5-19(23)12-18(20)13-28-17(3)11-21(25-28)27-10-9-26(8-4-7-24)14-22(27)29;/h5-6,11-12,16H,4,8-10,13-15H2,1-3H3;1H. The number of carbonyl (C=O) groups excluding carboxylic acids is 1. The van der Waals surface area contributed by atoms with Gasteiger partial charge in [-0.05, 0) is 31.0 Å². The predicted octanol–water partition coefficient (Wildman–Crippen LogP) is 3.91.